The molecule has 2 nitrogen and oxygen atoms in total. The fourth-order valence-electron chi connectivity index (χ4n) is 8.97. The van der Waals surface area contributed by atoms with E-state index in [0.29, 0.717) is 0 Å². The van der Waals surface area contributed by atoms with Gasteiger partial charge in [0.25, 0.3) is 0 Å². The Kier molecular flexibility index (Phi) is 11.0. The number of hydrogen-bond donors (Lipinski definition) is 0. The van der Waals surface area contributed by atoms with Crippen LogP contribution in [0.15, 0.2) is 121 Å². The van der Waals surface area contributed by atoms with Gasteiger partial charge in [-0.25, -0.2) is 9.48 Å². The van der Waals surface area contributed by atoms with Crippen LogP contribution in [0.25, 0.3) is 0 Å². The minimum atomic E-state index is 0.230. The van der Waals surface area contributed by atoms with Gasteiger partial charge in [0, 0.05) is 45.9 Å². The minimum absolute atomic E-state index is 0.230. The maximum Gasteiger partial charge on any atom is 0.244 e. The van der Waals surface area contributed by atoms with E-state index in [2.05, 4.69) is 206 Å². The molecule has 7 rings (SSSR count). The lowest BCUT2D eigenvalue weighted by molar-refractivity contribution is -0.425. The molecule has 1 heterocycles. The van der Waals surface area contributed by atoms with Crippen LogP contribution < -0.4 is 4.90 Å². The van der Waals surface area contributed by atoms with E-state index >= 15 is 0 Å². The van der Waals surface area contributed by atoms with Crippen LogP contribution in [-0.2, 0) is 0 Å². The van der Waals surface area contributed by atoms with Crippen LogP contribution in [0.3, 0.4) is 0 Å². The van der Waals surface area contributed by atoms with Gasteiger partial charge in [0.05, 0.1) is 0 Å². The molecule has 0 saturated heterocycles. The molecule has 280 valence electrons. The smallest absolute Gasteiger partial charge is 0.229 e. The predicted molar refractivity (Wildman–Crippen MR) is 235 cm³/mol. The van der Waals surface area contributed by atoms with Crippen molar-refractivity contribution in [2.75, 3.05) is 18.0 Å². The average molecular weight is 724 g/mol. The van der Waals surface area contributed by atoms with Crippen LogP contribution in [0, 0.1) is 41.5 Å². The maximum atomic E-state index is 2.59. The molecule has 0 spiro atoms. The molecule has 1 aliphatic heterocycles. The van der Waals surface area contributed by atoms with Gasteiger partial charge in [-0.05, 0) is 63.8 Å². The molecule has 0 aromatic heterocycles. The molecule has 55 heavy (non-hydrogen) atoms. The monoisotopic (exact) mass is 723 g/mol. The highest BCUT2D eigenvalue weighted by atomic mass is 15.3. The van der Waals surface area contributed by atoms with Crippen LogP contribution in [-0.4, -0.2) is 24.0 Å². The first-order chi connectivity index (χ1) is 26.4. The SMILES string of the molecule is Cc1cccc(C(C)c2cc(C)cc([C@@H](C)c3cccc(C)c3)c2N2C=[N+](c3c(C(C)c4cccc(C)c4)cc(C)cc3C(C)c3cccc(C)c3)CC2)c1. The second kappa shape index (κ2) is 15.9. The lowest BCUT2D eigenvalue weighted by Gasteiger charge is -2.25. The van der Waals surface area contributed by atoms with E-state index in [4.69, 9.17) is 0 Å². The molecule has 0 saturated carbocycles. The molecule has 0 amide bonds. The second-order valence-electron chi connectivity index (χ2n) is 16.6. The highest BCUT2D eigenvalue weighted by molar-refractivity contribution is 5.84. The van der Waals surface area contributed by atoms with Gasteiger partial charge in [-0.1, -0.05) is 182 Å². The Hall–Kier alpha value is -5.21. The van der Waals surface area contributed by atoms with E-state index in [1.807, 2.05) is 0 Å². The Bertz CT molecular complexity index is 2230. The van der Waals surface area contributed by atoms with Crippen LogP contribution in [0.5, 0.6) is 0 Å². The van der Waals surface area contributed by atoms with Crippen molar-refractivity contribution in [3.05, 3.63) is 199 Å². The summed E-state index contributed by atoms with van der Waals surface area (Å²) in [7, 11) is 0. The van der Waals surface area contributed by atoms with Crippen molar-refractivity contribution in [1.82, 2.24) is 0 Å². The molecule has 1 aliphatic rings. The van der Waals surface area contributed by atoms with Gasteiger partial charge in [0.2, 0.25) is 6.34 Å². The molecule has 4 atom stereocenters. The zero-order valence-corrected chi connectivity index (χ0v) is 34.7. The second-order valence-corrected chi connectivity index (χ2v) is 16.6. The summed E-state index contributed by atoms with van der Waals surface area (Å²) in [6.07, 6.45) is 2.45. The molecule has 0 N–H and O–H groups in total. The molecule has 0 aliphatic carbocycles. The van der Waals surface area contributed by atoms with Gasteiger partial charge in [-0.2, -0.15) is 0 Å². The zero-order chi connectivity index (χ0) is 39.0. The zero-order valence-electron chi connectivity index (χ0n) is 34.7. The summed E-state index contributed by atoms with van der Waals surface area (Å²) in [5.41, 5.74) is 21.5. The summed E-state index contributed by atoms with van der Waals surface area (Å²) >= 11 is 0. The molecule has 0 radical (unpaired) electrons. The number of rotatable bonds is 10. The van der Waals surface area contributed by atoms with Crippen molar-refractivity contribution in [2.45, 2.75) is 92.9 Å². The fraction of sp³-hybridized carbons (Fsp3) is 0.302. The van der Waals surface area contributed by atoms with Gasteiger partial charge in [0.1, 0.15) is 24.5 Å². The van der Waals surface area contributed by atoms with E-state index in [0.717, 1.165) is 13.1 Å². The number of benzene rings is 6. The fourth-order valence-corrected chi connectivity index (χ4v) is 8.97. The van der Waals surface area contributed by atoms with Gasteiger partial charge < -0.3 is 0 Å². The van der Waals surface area contributed by atoms with Crippen molar-refractivity contribution in [2.24, 2.45) is 0 Å². The standard InChI is InChI=1S/C53H59N2/c1-34-15-11-19-44(25-34)40(7)48-29-38(5)30-49(41(8)45-20-12-16-35(2)26-45)52(48)54-23-24-55(33-54)53-50(42(9)46-21-13-17-36(3)27-46)31-39(6)32-51(53)43(10)47-22-14-18-37(4)28-47/h11-22,25-33,40-43H,23-24H2,1-10H3/q+1/t40-,41?,42?,43?/m0/s1. The third-order valence-electron chi connectivity index (χ3n) is 12.1. The van der Waals surface area contributed by atoms with Crippen molar-refractivity contribution in [3.8, 4) is 0 Å². The Labute approximate surface area is 331 Å². The Morgan fingerprint density at radius 3 is 1.09 bits per heavy atom. The summed E-state index contributed by atoms with van der Waals surface area (Å²) in [6, 6.07) is 46.1. The van der Waals surface area contributed by atoms with Gasteiger partial charge >= 0.3 is 0 Å². The average Bonchev–Trinajstić information content (AvgIpc) is 3.65. The van der Waals surface area contributed by atoms with Crippen molar-refractivity contribution in [1.29, 1.82) is 0 Å². The summed E-state index contributed by atoms with van der Waals surface area (Å²) in [4.78, 5) is 2.59. The molecule has 3 unspecified atom stereocenters. The topological polar surface area (TPSA) is 6.25 Å². The summed E-state index contributed by atoms with van der Waals surface area (Å²) in [5.74, 6) is 0.922. The molecule has 0 fully saturated rings. The lowest BCUT2D eigenvalue weighted by atomic mass is 9.83. The highest BCUT2D eigenvalue weighted by Crippen LogP contribution is 2.44. The normalized spacial score (nSPS) is 15.1. The quantitative estimate of drug-likeness (QED) is 0.128. The highest BCUT2D eigenvalue weighted by Gasteiger charge is 2.34. The largest absolute Gasteiger partial charge is 0.244 e. The molecule has 6 aromatic carbocycles. The molecule has 0 bridgehead atoms. The van der Waals surface area contributed by atoms with E-state index < -0.39 is 0 Å². The third kappa shape index (κ3) is 7.97. The molecule has 6 aromatic rings. The van der Waals surface area contributed by atoms with Crippen LogP contribution in [0.4, 0.5) is 11.4 Å². The maximum absolute atomic E-state index is 2.59. The van der Waals surface area contributed by atoms with Crippen molar-refractivity contribution >= 4 is 17.7 Å². The van der Waals surface area contributed by atoms with Gasteiger partial charge in [-0.3, -0.25) is 0 Å². The number of anilines is 1. The van der Waals surface area contributed by atoms with Crippen LogP contribution in [0.1, 0.15) is 129 Å². The number of nitrogens with zero attached hydrogens (tertiary/aromatic N) is 2. The Morgan fingerprint density at radius 2 is 0.745 bits per heavy atom. The Balaban J connectivity index is 1.44. The first kappa shape index (κ1) is 38.1. The molecular weight excluding hydrogens is 665 g/mol. The van der Waals surface area contributed by atoms with E-state index in [9.17, 15) is 0 Å². The Morgan fingerprint density at radius 1 is 0.418 bits per heavy atom. The van der Waals surface area contributed by atoms with E-state index in [-0.39, 0.29) is 23.7 Å². The number of aryl methyl sites for hydroxylation is 6. The minimum Gasteiger partial charge on any atom is -0.229 e. The van der Waals surface area contributed by atoms with Gasteiger partial charge in [-0.15, -0.1) is 0 Å². The summed E-state index contributed by atoms with van der Waals surface area (Å²) in [6.45, 7) is 24.8. The van der Waals surface area contributed by atoms with Crippen LogP contribution >= 0.6 is 0 Å². The van der Waals surface area contributed by atoms with E-state index in [1.54, 1.807) is 0 Å². The first-order valence-electron chi connectivity index (χ1n) is 20.3. The van der Waals surface area contributed by atoms with Crippen molar-refractivity contribution < 1.29 is 4.58 Å². The predicted octanol–water partition coefficient (Wildman–Crippen LogP) is 13.3. The van der Waals surface area contributed by atoms with Crippen molar-refractivity contribution in [3.63, 3.8) is 0 Å². The first-order valence-corrected chi connectivity index (χ1v) is 20.3. The van der Waals surface area contributed by atoms with E-state index in [1.165, 1.54) is 89.3 Å². The number of hydrogen-bond acceptors (Lipinski definition) is 1. The summed E-state index contributed by atoms with van der Waals surface area (Å²) in [5, 5.41) is 0. The van der Waals surface area contributed by atoms with Crippen LogP contribution in [0.2, 0.25) is 0 Å². The third-order valence-corrected chi connectivity index (χ3v) is 12.1. The molecule has 2 heteroatoms. The lowest BCUT2D eigenvalue weighted by Crippen LogP contribution is -2.23. The summed E-state index contributed by atoms with van der Waals surface area (Å²) < 4.78 is 2.59. The van der Waals surface area contributed by atoms with Gasteiger partial charge in [0.15, 0.2) is 0 Å². The molecular formula is C53H59N2+.